The van der Waals surface area contributed by atoms with Gasteiger partial charge in [-0.05, 0) is 30.5 Å². The Morgan fingerprint density at radius 1 is 1.07 bits per heavy atom. The van der Waals surface area contributed by atoms with Crippen LogP contribution >= 0.6 is 0 Å². The normalized spacial score (nSPS) is 19.0. The molecule has 0 atom stereocenters. The highest BCUT2D eigenvalue weighted by molar-refractivity contribution is 5.89. The number of ether oxygens (including phenoxy) is 1. The molecule has 148 valence electrons. The van der Waals surface area contributed by atoms with Crippen LogP contribution in [0.15, 0.2) is 59.4 Å². The summed E-state index contributed by atoms with van der Waals surface area (Å²) in [4.78, 5) is 24.0. The fourth-order valence-electron chi connectivity index (χ4n) is 4.22. The Morgan fingerprint density at radius 3 is 2.59 bits per heavy atom. The minimum atomic E-state index is -0.500. The fraction of sp³-hybridized carbons (Fsp3) is 0.364. The average molecular weight is 390 g/mol. The van der Waals surface area contributed by atoms with Crippen LogP contribution in [-0.2, 0) is 14.9 Å². The van der Waals surface area contributed by atoms with Crippen LogP contribution in [0.25, 0.3) is 11.4 Å². The smallest absolute Gasteiger partial charge is 0.233 e. The predicted molar refractivity (Wildman–Crippen MR) is 105 cm³/mol. The summed E-state index contributed by atoms with van der Waals surface area (Å²) in [5.74, 6) is 1.36. The number of aromatic nitrogens is 3. The largest absolute Gasteiger partial charge is 0.381 e. The van der Waals surface area contributed by atoms with Crippen molar-refractivity contribution in [3.8, 4) is 11.4 Å². The summed E-state index contributed by atoms with van der Waals surface area (Å²) in [7, 11) is 0. The molecular formula is C22H22N4O3. The van der Waals surface area contributed by atoms with Gasteiger partial charge in [0.2, 0.25) is 17.6 Å². The maximum atomic E-state index is 13.5. The summed E-state index contributed by atoms with van der Waals surface area (Å²) in [6, 6.07) is 13.8. The van der Waals surface area contributed by atoms with E-state index >= 15 is 0 Å². The lowest BCUT2D eigenvalue weighted by Crippen LogP contribution is -2.57. The molecule has 2 fully saturated rings. The highest BCUT2D eigenvalue weighted by Gasteiger charge is 2.48. The predicted octanol–water partition coefficient (Wildman–Crippen LogP) is 2.81. The van der Waals surface area contributed by atoms with Crippen molar-refractivity contribution in [2.24, 2.45) is 0 Å². The van der Waals surface area contributed by atoms with Crippen LogP contribution in [0.4, 0.5) is 0 Å². The van der Waals surface area contributed by atoms with Crippen molar-refractivity contribution < 1.29 is 14.1 Å². The number of hydrogen-bond donors (Lipinski definition) is 0. The first-order valence-electron chi connectivity index (χ1n) is 9.93. The van der Waals surface area contributed by atoms with E-state index in [4.69, 9.17) is 9.26 Å². The molecule has 29 heavy (non-hydrogen) atoms. The zero-order valence-electron chi connectivity index (χ0n) is 16.0. The average Bonchev–Trinajstić information content (AvgIpc) is 3.24. The van der Waals surface area contributed by atoms with E-state index in [0.29, 0.717) is 50.9 Å². The van der Waals surface area contributed by atoms with Gasteiger partial charge in [0, 0.05) is 44.3 Å². The minimum absolute atomic E-state index is 0.0736. The summed E-state index contributed by atoms with van der Waals surface area (Å²) < 4.78 is 11.0. The van der Waals surface area contributed by atoms with Gasteiger partial charge in [-0.3, -0.25) is 9.78 Å². The number of rotatable bonds is 4. The maximum absolute atomic E-state index is 13.5. The number of pyridine rings is 1. The van der Waals surface area contributed by atoms with Crippen LogP contribution in [-0.4, -0.2) is 52.2 Å². The molecule has 0 bridgehead atoms. The molecule has 0 saturated carbocycles. The Balaban J connectivity index is 1.31. The number of carbonyl (C=O) groups excluding carboxylic acids is 1. The summed E-state index contributed by atoms with van der Waals surface area (Å²) in [6.07, 6.45) is 4.84. The first-order chi connectivity index (χ1) is 14.3. The second-order valence-corrected chi connectivity index (χ2v) is 7.67. The fourth-order valence-corrected chi connectivity index (χ4v) is 4.22. The molecule has 2 aromatic heterocycles. The van der Waals surface area contributed by atoms with Crippen molar-refractivity contribution in [2.45, 2.75) is 24.2 Å². The Morgan fingerprint density at radius 2 is 1.86 bits per heavy atom. The topological polar surface area (TPSA) is 81.4 Å². The number of hydrogen-bond acceptors (Lipinski definition) is 6. The summed E-state index contributed by atoms with van der Waals surface area (Å²) in [6.45, 7) is 2.41. The molecule has 0 radical (unpaired) electrons. The van der Waals surface area contributed by atoms with Gasteiger partial charge in [0.1, 0.15) is 0 Å². The molecule has 3 aromatic rings. The van der Waals surface area contributed by atoms with Crippen LogP contribution < -0.4 is 0 Å². The van der Waals surface area contributed by atoms with Crippen LogP contribution in [0.1, 0.15) is 30.2 Å². The van der Waals surface area contributed by atoms with E-state index in [1.165, 1.54) is 0 Å². The van der Waals surface area contributed by atoms with Gasteiger partial charge in [-0.15, -0.1) is 0 Å². The van der Waals surface area contributed by atoms with E-state index in [-0.39, 0.29) is 11.8 Å². The highest BCUT2D eigenvalue weighted by atomic mass is 16.5. The van der Waals surface area contributed by atoms with Gasteiger partial charge < -0.3 is 14.2 Å². The van der Waals surface area contributed by atoms with E-state index in [1.807, 2.05) is 35.2 Å². The van der Waals surface area contributed by atoms with Gasteiger partial charge in [0.15, 0.2) is 0 Å². The molecule has 4 heterocycles. The second-order valence-electron chi connectivity index (χ2n) is 7.67. The molecule has 0 aliphatic carbocycles. The van der Waals surface area contributed by atoms with Crippen molar-refractivity contribution in [3.05, 3.63) is 66.3 Å². The van der Waals surface area contributed by atoms with Gasteiger partial charge in [-0.1, -0.05) is 35.5 Å². The summed E-state index contributed by atoms with van der Waals surface area (Å²) in [5, 5.41) is 4.06. The third-order valence-electron chi connectivity index (χ3n) is 5.96. The van der Waals surface area contributed by atoms with Crippen molar-refractivity contribution in [2.75, 3.05) is 26.3 Å². The molecule has 0 N–H and O–H groups in total. The lowest BCUT2D eigenvalue weighted by Gasteiger charge is -2.45. The van der Waals surface area contributed by atoms with Gasteiger partial charge in [0.25, 0.3) is 0 Å². The molecular weight excluding hydrogens is 368 g/mol. The number of carbonyl (C=O) groups is 1. The lowest BCUT2D eigenvalue weighted by atomic mass is 9.72. The van der Waals surface area contributed by atoms with Crippen LogP contribution in [0.5, 0.6) is 0 Å². The van der Waals surface area contributed by atoms with Crippen LogP contribution in [0.3, 0.4) is 0 Å². The summed E-state index contributed by atoms with van der Waals surface area (Å²) in [5.41, 5.74) is 1.40. The number of amides is 1. The van der Waals surface area contributed by atoms with Crippen molar-refractivity contribution in [1.29, 1.82) is 0 Å². The molecule has 2 saturated heterocycles. The van der Waals surface area contributed by atoms with E-state index < -0.39 is 5.41 Å². The molecule has 0 unspecified atom stereocenters. The highest BCUT2D eigenvalue weighted by Crippen LogP contribution is 2.39. The Labute approximate surface area is 168 Å². The zero-order valence-corrected chi connectivity index (χ0v) is 16.0. The van der Waals surface area contributed by atoms with Crippen LogP contribution in [0, 0.1) is 0 Å². The molecule has 2 aliphatic rings. The van der Waals surface area contributed by atoms with Crippen molar-refractivity contribution >= 4 is 5.91 Å². The van der Waals surface area contributed by atoms with Crippen molar-refractivity contribution in [3.63, 3.8) is 0 Å². The maximum Gasteiger partial charge on any atom is 0.233 e. The first kappa shape index (κ1) is 18.0. The minimum Gasteiger partial charge on any atom is -0.381 e. The molecule has 7 nitrogen and oxygen atoms in total. The second kappa shape index (κ2) is 7.40. The van der Waals surface area contributed by atoms with Gasteiger partial charge in [-0.2, -0.15) is 4.98 Å². The molecule has 1 amide bonds. The molecule has 5 rings (SSSR count). The first-order valence-corrected chi connectivity index (χ1v) is 9.93. The Kier molecular flexibility index (Phi) is 4.60. The number of benzene rings is 1. The van der Waals surface area contributed by atoms with Gasteiger partial charge in [0.05, 0.1) is 11.3 Å². The monoisotopic (exact) mass is 390 g/mol. The van der Waals surface area contributed by atoms with E-state index in [9.17, 15) is 4.79 Å². The molecule has 0 spiro atoms. The number of likely N-dealkylation sites (tertiary alicyclic amines) is 1. The third kappa shape index (κ3) is 3.21. The third-order valence-corrected chi connectivity index (χ3v) is 5.96. The zero-order chi connectivity index (χ0) is 19.7. The Bertz CT molecular complexity index is 978. The van der Waals surface area contributed by atoms with Crippen molar-refractivity contribution in [1.82, 2.24) is 20.0 Å². The molecule has 2 aliphatic heterocycles. The quantitative estimate of drug-likeness (QED) is 0.681. The van der Waals surface area contributed by atoms with Crippen LogP contribution in [0.2, 0.25) is 0 Å². The van der Waals surface area contributed by atoms with Gasteiger partial charge in [-0.25, -0.2) is 0 Å². The standard InChI is InChI=1S/C22H22N4O3/c27-21(22(8-11-28-12-9-22)18-6-2-1-3-7-18)26-14-17(15-26)20-24-19(25-29-20)16-5-4-10-23-13-16/h1-7,10,13,17H,8-9,11-12,14-15H2. The van der Waals surface area contributed by atoms with E-state index in [0.717, 1.165) is 11.1 Å². The Hall–Kier alpha value is -3.06. The molecule has 7 heteroatoms. The van der Waals surface area contributed by atoms with Gasteiger partial charge >= 0.3 is 0 Å². The summed E-state index contributed by atoms with van der Waals surface area (Å²) >= 11 is 0. The SMILES string of the molecule is O=C(N1CC(c2nc(-c3cccnc3)no2)C1)C1(c2ccccc2)CCOCC1. The lowest BCUT2D eigenvalue weighted by molar-refractivity contribution is -0.146. The van der Waals surface area contributed by atoms with E-state index in [2.05, 4.69) is 27.3 Å². The number of nitrogens with zero attached hydrogens (tertiary/aromatic N) is 4. The molecule has 1 aromatic carbocycles. The van der Waals surface area contributed by atoms with E-state index in [1.54, 1.807) is 12.4 Å².